The van der Waals surface area contributed by atoms with E-state index in [0.717, 1.165) is 0 Å². The Balaban J connectivity index is 2.14. The van der Waals surface area contributed by atoms with E-state index in [-0.39, 0.29) is 22.4 Å². The fourth-order valence-corrected chi connectivity index (χ4v) is 3.86. The Morgan fingerprint density at radius 3 is 2.68 bits per heavy atom. The molecule has 6 nitrogen and oxygen atoms in total. The first kappa shape index (κ1) is 17.7. The fourth-order valence-electron chi connectivity index (χ4n) is 2.47. The molecule has 2 aromatic rings. The summed E-state index contributed by atoms with van der Waals surface area (Å²) < 4.78 is 46.0. The number of nitrogens with one attached hydrogen (secondary N) is 2. The van der Waals surface area contributed by atoms with Gasteiger partial charge in [0.05, 0.1) is 23.9 Å². The first-order valence-corrected chi connectivity index (χ1v) is 9.21. The molecule has 0 bridgehead atoms. The summed E-state index contributed by atoms with van der Waals surface area (Å²) in [5, 5.41) is 2.87. The lowest BCUT2D eigenvalue weighted by Gasteiger charge is -2.24. The highest BCUT2D eigenvalue weighted by molar-refractivity contribution is 7.90. The molecule has 0 saturated carbocycles. The van der Waals surface area contributed by atoms with Gasteiger partial charge in [-0.15, -0.1) is 0 Å². The fraction of sp³-hybridized carbons (Fsp3) is 0.188. The van der Waals surface area contributed by atoms with Crippen LogP contribution in [-0.4, -0.2) is 34.6 Å². The van der Waals surface area contributed by atoms with Gasteiger partial charge in [-0.1, -0.05) is 35.9 Å². The van der Waals surface area contributed by atoms with Crippen LogP contribution in [0.5, 0.6) is 0 Å². The highest BCUT2D eigenvalue weighted by Gasteiger charge is 2.29. The number of methoxy groups -OCH3 is 1. The van der Waals surface area contributed by atoms with Crippen LogP contribution in [0.15, 0.2) is 46.3 Å². The van der Waals surface area contributed by atoms with Crippen LogP contribution in [0.3, 0.4) is 0 Å². The number of para-hydroxylation sites is 1. The minimum Gasteiger partial charge on any atom is -0.383 e. The van der Waals surface area contributed by atoms with Crippen LogP contribution < -0.4 is 10.0 Å². The SMILES string of the molecule is COCCN=C1Nc2c(-c3cccc(F)c3Cl)cccc2S(=O)(=O)N1. The minimum atomic E-state index is -3.80. The average molecular weight is 384 g/mol. The van der Waals surface area contributed by atoms with Crippen molar-refractivity contribution < 1.29 is 17.5 Å². The maximum atomic E-state index is 13.8. The number of sulfonamides is 1. The number of hydrogen-bond acceptors (Lipinski definition) is 4. The summed E-state index contributed by atoms with van der Waals surface area (Å²) in [7, 11) is -2.28. The molecular formula is C16H15ClFN3O3S. The molecule has 0 unspecified atom stereocenters. The molecule has 0 amide bonds. The molecule has 0 aromatic heterocycles. The second kappa shape index (κ2) is 6.99. The largest absolute Gasteiger partial charge is 0.383 e. The van der Waals surface area contributed by atoms with E-state index >= 15 is 0 Å². The molecule has 25 heavy (non-hydrogen) atoms. The molecule has 2 aromatic carbocycles. The minimum absolute atomic E-state index is 0.0380. The average Bonchev–Trinajstić information content (AvgIpc) is 2.57. The molecule has 3 rings (SSSR count). The number of anilines is 1. The van der Waals surface area contributed by atoms with Crippen LogP contribution in [-0.2, 0) is 14.8 Å². The van der Waals surface area contributed by atoms with Gasteiger partial charge in [0.25, 0.3) is 10.0 Å². The summed E-state index contributed by atoms with van der Waals surface area (Å²) in [4.78, 5) is 4.16. The summed E-state index contributed by atoms with van der Waals surface area (Å²) in [6, 6.07) is 9.07. The molecule has 0 spiro atoms. The van der Waals surface area contributed by atoms with E-state index in [2.05, 4.69) is 15.0 Å². The monoisotopic (exact) mass is 383 g/mol. The normalized spacial score (nSPS) is 16.8. The Bertz CT molecular complexity index is 948. The number of aliphatic imine (C=N–C) groups is 1. The van der Waals surface area contributed by atoms with Crippen LogP contribution in [0, 0.1) is 5.82 Å². The second-order valence-corrected chi connectivity index (χ2v) is 7.26. The van der Waals surface area contributed by atoms with Crippen LogP contribution >= 0.6 is 11.6 Å². The van der Waals surface area contributed by atoms with Crippen molar-refractivity contribution in [3.05, 3.63) is 47.2 Å². The molecule has 1 heterocycles. The quantitative estimate of drug-likeness (QED) is 0.796. The van der Waals surface area contributed by atoms with Gasteiger partial charge in [-0.05, 0) is 12.1 Å². The van der Waals surface area contributed by atoms with E-state index in [1.807, 2.05) is 0 Å². The number of guanidine groups is 1. The highest BCUT2D eigenvalue weighted by atomic mass is 35.5. The van der Waals surface area contributed by atoms with Crippen LogP contribution in [0.25, 0.3) is 11.1 Å². The molecule has 1 aliphatic rings. The van der Waals surface area contributed by atoms with Crippen molar-refractivity contribution in [1.29, 1.82) is 0 Å². The Hall–Kier alpha value is -2.16. The van der Waals surface area contributed by atoms with E-state index in [0.29, 0.717) is 23.4 Å². The highest BCUT2D eigenvalue weighted by Crippen LogP contribution is 2.39. The summed E-state index contributed by atoms with van der Waals surface area (Å²) in [6.07, 6.45) is 0. The Labute approximate surface area is 149 Å². The maximum absolute atomic E-state index is 13.8. The standard InChI is InChI=1S/C16H15ClFN3O3S/c1-24-9-8-19-16-20-15-11(10-4-2-6-12(18)14(10)17)5-3-7-13(15)25(22,23)21-16/h2-7H,8-9H2,1H3,(H2,19,20,21). The van der Waals surface area contributed by atoms with Crippen molar-refractivity contribution >= 4 is 33.3 Å². The van der Waals surface area contributed by atoms with Gasteiger partial charge in [0.15, 0.2) is 0 Å². The maximum Gasteiger partial charge on any atom is 0.266 e. The summed E-state index contributed by atoms with van der Waals surface area (Å²) in [5.41, 5.74) is 1.15. The van der Waals surface area contributed by atoms with Crippen molar-refractivity contribution in [2.75, 3.05) is 25.6 Å². The molecule has 0 radical (unpaired) electrons. The van der Waals surface area contributed by atoms with Gasteiger partial charge in [-0.2, -0.15) is 0 Å². The van der Waals surface area contributed by atoms with Crippen LogP contribution in [0.2, 0.25) is 5.02 Å². The first-order chi connectivity index (χ1) is 11.9. The zero-order valence-electron chi connectivity index (χ0n) is 13.2. The predicted molar refractivity (Wildman–Crippen MR) is 95.0 cm³/mol. The van der Waals surface area contributed by atoms with Crippen LogP contribution in [0.4, 0.5) is 10.1 Å². The molecule has 0 fully saturated rings. The lowest BCUT2D eigenvalue weighted by atomic mass is 10.0. The zero-order valence-corrected chi connectivity index (χ0v) is 14.8. The Kier molecular flexibility index (Phi) is 4.94. The van der Waals surface area contributed by atoms with E-state index in [1.165, 1.54) is 25.3 Å². The molecule has 2 N–H and O–H groups in total. The molecular weight excluding hydrogens is 369 g/mol. The Morgan fingerprint density at radius 1 is 1.20 bits per heavy atom. The number of benzene rings is 2. The first-order valence-electron chi connectivity index (χ1n) is 7.34. The second-order valence-electron chi connectivity index (χ2n) is 5.23. The Morgan fingerprint density at radius 2 is 1.92 bits per heavy atom. The molecule has 0 atom stereocenters. The van der Waals surface area contributed by atoms with Gasteiger partial charge in [0, 0.05) is 18.2 Å². The lowest BCUT2D eigenvalue weighted by molar-refractivity contribution is 0.208. The van der Waals surface area contributed by atoms with Crippen LogP contribution in [0.1, 0.15) is 0 Å². The number of halogens is 2. The summed E-state index contributed by atoms with van der Waals surface area (Å²) in [6.45, 7) is 0.622. The van der Waals surface area contributed by atoms with Crippen molar-refractivity contribution in [3.63, 3.8) is 0 Å². The molecule has 132 valence electrons. The van der Waals surface area contributed by atoms with Crippen molar-refractivity contribution in [3.8, 4) is 11.1 Å². The number of hydrogen-bond donors (Lipinski definition) is 2. The zero-order chi connectivity index (χ0) is 18.0. The lowest BCUT2D eigenvalue weighted by Crippen LogP contribution is -2.41. The number of rotatable bonds is 4. The van der Waals surface area contributed by atoms with Gasteiger partial charge >= 0.3 is 0 Å². The van der Waals surface area contributed by atoms with Gasteiger partial charge < -0.3 is 10.1 Å². The molecule has 0 aliphatic carbocycles. The van der Waals surface area contributed by atoms with Gasteiger partial charge in [-0.3, -0.25) is 0 Å². The number of ether oxygens (including phenoxy) is 1. The molecule has 9 heteroatoms. The van der Waals surface area contributed by atoms with E-state index < -0.39 is 15.8 Å². The van der Waals surface area contributed by atoms with Gasteiger partial charge in [0.2, 0.25) is 5.96 Å². The smallest absolute Gasteiger partial charge is 0.266 e. The van der Waals surface area contributed by atoms with E-state index in [4.69, 9.17) is 16.3 Å². The van der Waals surface area contributed by atoms with Gasteiger partial charge in [0.1, 0.15) is 10.7 Å². The van der Waals surface area contributed by atoms with E-state index in [1.54, 1.807) is 18.2 Å². The summed E-state index contributed by atoms with van der Waals surface area (Å²) in [5.74, 6) is -0.507. The van der Waals surface area contributed by atoms with Crippen molar-refractivity contribution in [2.45, 2.75) is 4.90 Å². The summed E-state index contributed by atoms with van der Waals surface area (Å²) >= 11 is 6.07. The molecule has 1 aliphatic heterocycles. The predicted octanol–water partition coefficient (Wildman–Crippen LogP) is 2.85. The third kappa shape index (κ3) is 3.46. The van der Waals surface area contributed by atoms with Gasteiger partial charge in [-0.25, -0.2) is 22.5 Å². The van der Waals surface area contributed by atoms with E-state index in [9.17, 15) is 12.8 Å². The topological polar surface area (TPSA) is 79.8 Å². The number of nitrogens with zero attached hydrogens (tertiary/aromatic N) is 1. The van der Waals surface area contributed by atoms with Crippen molar-refractivity contribution in [2.24, 2.45) is 4.99 Å². The third-order valence-corrected chi connectivity index (χ3v) is 5.36. The van der Waals surface area contributed by atoms with Crippen molar-refractivity contribution in [1.82, 2.24) is 4.72 Å². The number of fused-ring (bicyclic) bond motifs is 1. The molecule has 0 saturated heterocycles. The third-order valence-electron chi connectivity index (χ3n) is 3.60.